The maximum atomic E-state index is 13.6. The molecular formula is C65H113ClF3N11O. The lowest BCUT2D eigenvalue weighted by molar-refractivity contribution is -0.137. The van der Waals surface area contributed by atoms with E-state index in [2.05, 4.69) is 156 Å². The molecule has 12 nitrogen and oxygen atoms in total. The number of halogens is 4. The Balaban J connectivity index is 1.46. The van der Waals surface area contributed by atoms with Crippen LogP contribution in [0.3, 0.4) is 0 Å². The number of hydrogen-bond acceptors (Lipinski definition) is 12. The monoisotopic (exact) mass is 1160 g/mol. The molecule has 0 amide bonds. The fourth-order valence-corrected chi connectivity index (χ4v) is 13.4. The Labute approximate surface area is 495 Å². The quantitative estimate of drug-likeness (QED) is 0.106. The van der Waals surface area contributed by atoms with Crippen molar-refractivity contribution in [3.63, 3.8) is 0 Å². The van der Waals surface area contributed by atoms with Crippen molar-refractivity contribution in [3.8, 4) is 0 Å². The summed E-state index contributed by atoms with van der Waals surface area (Å²) in [4.78, 5) is 14.6. The van der Waals surface area contributed by atoms with Crippen molar-refractivity contribution in [3.05, 3.63) is 82.3 Å². The molecule has 0 radical (unpaired) electrons. The number of rotatable bonds is 13. The van der Waals surface area contributed by atoms with Crippen LogP contribution < -0.4 is 31.9 Å². The standard InChI is InChI=1S/C65H113ClF3N11O/c1-16-36-81-43-57-41-77(14)35-33-72-55(25-23-54-24-26-58(59(66)38-54)65(67,68)69)27-30-70-31-32-71-44-64(28-19-20-29-64)76-51(11)63(47(7)18-3)80-52(12)48(8)62(80)40-73-50(10)60(37-45(4)5)74-39-61(46(6)17-2)75-49(9)53(13)79-34-21-22-56(79)42-78(57)15/h24,26-27,30,33,35,38,41-42,45-53,60-63,71-76H,16-23,25,28-29,31-32,34,36-37,39-40,43-44H2,1-15H3/t46-,47-,48+,49?,50?,51?,52?,53-,60-,61+,62?,63-/m0/s1. The second-order valence-corrected chi connectivity index (χ2v) is 25.9. The summed E-state index contributed by atoms with van der Waals surface area (Å²) < 4.78 is 46.9. The first-order chi connectivity index (χ1) is 38.5. The molecule has 3 heterocycles. The summed E-state index contributed by atoms with van der Waals surface area (Å²) in [7, 11) is 4.13. The van der Waals surface area contributed by atoms with Gasteiger partial charge in [-0.25, -0.2) is 0 Å². The van der Waals surface area contributed by atoms with Crippen molar-refractivity contribution in [1.82, 2.24) is 51.5 Å². The summed E-state index contributed by atoms with van der Waals surface area (Å²) in [6.45, 7) is 37.3. The van der Waals surface area contributed by atoms with Gasteiger partial charge in [-0.3, -0.25) is 9.89 Å². The zero-order chi connectivity index (χ0) is 59.4. The van der Waals surface area contributed by atoms with Crippen LogP contribution in [0.2, 0.25) is 5.02 Å². The molecule has 0 bridgehead atoms. The number of likely N-dealkylation sites (N-methyl/N-ethyl adjacent to an activating group) is 1. The van der Waals surface area contributed by atoms with Crippen molar-refractivity contribution in [2.45, 2.75) is 233 Å². The van der Waals surface area contributed by atoms with Crippen LogP contribution in [0.15, 0.2) is 71.2 Å². The number of nitrogens with zero attached hydrogens (tertiary/aromatic N) is 5. The van der Waals surface area contributed by atoms with Gasteiger partial charge >= 0.3 is 6.18 Å². The van der Waals surface area contributed by atoms with Gasteiger partial charge in [0.2, 0.25) is 0 Å². The first kappa shape index (κ1) is 68.6. The largest absolute Gasteiger partial charge is 0.417 e. The predicted octanol–water partition coefficient (Wildman–Crippen LogP) is 12.2. The number of aliphatic imine (C=N–C) groups is 1. The number of fused-ring (bicyclic) bond motifs is 2. The zero-order valence-electron chi connectivity index (χ0n) is 53.0. The van der Waals surface area contributed by atoms with Gasteiger partial charge in [-0.1, -0.05) is 98.7 Å². The van der Waals surface area contributed by atoms with Gasteiger partial charge in [0.25, 0.3) is 0 Å². The lowest BCUT2D eigenvalue weighted by Gasteiger charge is -2.60. The van der Waals surface area contributed by atoms with Crippen molar-refractivity contribution in [2.75, 3.05) is 66.6 Å². The Hall–Kier alpha value is -3.15. The van der Waals surface area contributed by atoms with Gasteiger partial charge in [-0.05, 0) is 133 Å². The Morgan fingerprint density at radius 3 is 2.26 bits per heavy atom. The van der Waals surface area contributed by atoms with Crippen LogP contribution >= 0.6 is 11.6 Å². The number of aryl methyl sites for hydroxylation is 1. The van der Waals surface area contributed by atoms with Gasteiger partial charge in [-0.15, -0.1) is 0 Å². The van der Waals surface area contributed by atoms with Crippen LogP contribution in [0.1, 0.15) is 172 Å². The summed E-state index contributed by atoms with van der Waals surface area (Å²) in [6.07, 6.45) is 19.8. The number of ether oxygens (including phenoxy) is 1. The van der Waals surface area contributed by atoms with E-state index in [0.717, 1.165) is 107 Å². The normalized spacial score (nSPS) is 29.7. The lowest BCUT2D eigenvalue weighted by Crippen LogP contribution is -2.73. The van der Waals surface area contributed by atoms with E-state index in [-0.39, 0.29) is 22.6 Å². The summed E-state index contributed by atoms with van der Waals surface area (Å²) >= 11 is 6.16. The van der Waals surface area contributed by atoms with Crippen molar-refractivity contribution in [2.24, 2.45) is 28.7 Å². The minimum Gasteiger partial charge on any atom is -0.375 e. The summed E-state index contributed by atoms with van der Waals surface area (Å²) in [5.41, 5.74) is 3.17. The third kappa shape index (κ3) is 20.5. The van der Waals surface area contributed by atoms with E-state index < -0.39 is 11.7 Å². The van der Waals surface area contributed by atoms with Crippen molar-refractivity contribution in [1.29, 1.82) is 0 Å². The van der Waals surface area contributed by atoms with E-state index in [1.54, 1.807) is 0 Å². The highest BCUT2D eigenvalue weighted by atomic mass is 35.5. The molecule has 1 aromatic carbocycles. The zero-order valence-corrected chi connectivity index (χ0v) is 53.8. The molecule has 1 spiro atoms. The second-order valence-electron chi connectivity index (χ2n) is 25.5. The van der Waals surface area contributed by atoms with Gasteiger partial charge < -0.3 is 51.3 Å². The van der Waals surface area contributed by atoms with Crippen molar-refractivity contribution >= 4 is 17.8 Å². The van der Waals surface area contributed by atoms with E-state index in [4.69, 9.17) is 21.3 Å². The minimum absolute atomic E-state index is 0.0285. The molecule has 2 saturated heterocycles. The van der Waals surface area contributed by atoms with Gasteiger partial charge in [-0.2, -0.15) is 13.2 Å². The first-order valence-electron chi connectivity index (χ1n) is 31.7. The van der Waals surface area contributed by atoms with E-state index in [0.29, 0.717) is 98.6 Å². The number of alkyl halides is 3. The number of nitrogens with one attached hydrogen (secondary N) is 6. The first-order valence-corrected chi connectivity index (χ1v) is 32.1. The minimum atomic E-state index is -4.51. The highest BCUT2D eigenvalue weighted by Gasteiger charge is 2.50. The molecule has 1 aromatic rings. The molecule has 81 heavy (non-hydrogen) atoms. The van der Waals surface area contributed by atoms with E-state index >= 15 is 0 Å². The van der Waals surface area contributed by atoms with E-state index in [1.807, 2.05) is 36.6 Å². The van der Waals surface area contributed by atoms with Gasteiger partial charge in [0.1, 0.15) is 0 Å². The third-order valence-corrected chi connectivity index (χ3v) is 19.1. The molecular weight excluding hydrogens is 1040 g/mol. The van der Waals surface area contributed by atoms with E-state index in [9.17, 15) is 13.2 Å². The number of allylic oxidation sites excluding steroid dienone is 3. The topological polar surface area (TPSA) is 107 Å². The molecule has 3 fully saturated rings. The SMILES string of the molecule is CCCOCC1=CN(C)C=CNC(CCc2ccc(C(F)(F)F)c(Cl)c2)=CC=NCCNCC2(CCCC2)NC(C)[C@H]([C@@H](C)CC)N2C(C)[C@@H](C)C2CNC(C)[C@H](CC(C)C)NC[C@H]([C@@H](C)CC)NC(C)[C@H](C)N2CCCC2=CN1C. The maximum Gasteiger partial charge on any atom is 0.417 e. The Bertz CT molecular complexity index is 2160. The van der Waals surface area contributed by atoms with Gasteiger partial charge in [0, 0.05) is 156 Å². The summed E-state index contributed by atoms with van der Waals surface area (Å²) in [5, 5.41) is 23.8. The molecule has 5 rings (SSSR count). The molecule has 12 atom stereocenters. The highest BCUT2D eigenvalue weighted by molar-refractivity contribution is 6.31. The van der Waals surface area contributed by atoms with Crippen LogP contribution in [0.25, 0.3) is 0 Å². The summed E-state index contributed by atoms with van der Waals surface area (Å²) in [6, 6.07) is 7.25. The molecule has 1 saturated carbocycles. The number of benzene rings is 1. The van der Waals surface area contributed by atoms with Crippen LogP contribution in [0.5, 0.6) is 0 Å². The van der Waals surface area contributed by atoms with Crippen LogP contribution in [-0.4, -0.2) is 152 Å². The average molecular weight is 1160 g/mol. The Morgan fingerprint density at radius 2 is 1.59 bits per heavy atom. The van der Waals surface area contributed by atoms with Crippen LogP contribution in [0, 0.1) is 23.7 Å². The Kier molecular flexibility index (Phi) is 28.4. The third-order valence-electron chi connectivity index (χ3n) is 18.8. The fourth-order valence-electron chi connectivity index (χ4n) is 13.1. The smallest absolute Gasteiger partial charge is 0.375 e. The molecule has 1 aliphatic carbocycles. The Morgan fingerprint density at radius 1 is 0.864 bits per heavy atom. The molecule has 5 unspecified atom stereocenters. The van der Waals surface area contributed by atoms with Crippen LogP contribution in [0.4, 0.5) is 13.2 Å². The fraction of sp³-hybridized carbons (Fsp3) is 0.769. The number of hydrogen-bond donors (Lipinski definition) is 6. The molecule has 16 heteroatoms. The van der Waals surface area contributed by atoms with Gasteiger partial charge in [0.15, 0.2) is 0 Å². The molecule has 3 aliphatic heterocycles. The van der Waals surface area contributed by atoms with Gasteiger partial charge in [0.05, 0.1) is 29.4 Å². The summed E-state index contributed by atoms with van der Waals surface area (Å²) in [5.74, 6) is 2.22. The van der Waals surface area contributed by atoms with Crippen molar-refractivity contribution < 1.29 is 17.9 Å². The average Bonchev–Trinajstić information content (AvgIpc) is 4.26. The molecule has 6 N–H and O–H groups in total. The molecule has 4 aliphatic rings. The van der Waals surface area contributed by atoms with E-state index in [1.165, 1.54) is 30.7 Å². The molecule has 462 valence electrons. The lowest BCUT2D eigenvalue weighted by atomic mass is 9.76. The molecule has 0 aromatic heterocycles. The maximum absolute atomic E-state index is 13.6. The van der Waals surface area contributed by atoms with Crippen LogP contribution in [-0.2, 0) is 17.3 Å². The predicted molar refractivity (Wildman–Crippen MR) is 335 cm³/mol. The highest BCUT2D eigenvalue weighted by Crippen LogP contribution is 2.40. The second kappa shape index (κ2) is 33.5.